The topological polar surface area (TPSA) is 17.1 Å². The van der Waals surface area contributed by atoms with Gasteiger partial charge in [0.25, 0.3) is 0 Å². The molecule has 0 aliphatic heterocycles. The molecular formula is C14H7BrClF3O. The van der Waals surface area contributed by atoms with Gasteiger partial charge in [-0.25, -0.2) is 13.2 Å². The summed E-state index contributed by atoms with van der Waals surface area (Å²) >= 11 is 8.69. The summed E-state index contributed by atoms with van der Waals surface area (Å²) in [6.07, 6.45) is -0.576. The van der Waals surface area contributed by atoms with Crippen molar-refractivity contribution in [3.05, 3.63) is 68.4 Å². The normalized spacial score (nSPS) is 10.7. The van der Waals surface area contributed by atoms with Gasteiger partial charge in [-0.1, -0.05) is 17.7 Å². The first-order valence-corrected chi connectivity index (χ1v) is 6.68. The van der Waals surface area contributed by atoms with Crippen LogP contribution in [0.4, 0.5) is 13.2 Å². The second-order valence-corrected chi connectivity index (χ2v) is 5.26. The molecule has 0 saturated carbocycles. The van der Waals surface area contributed by atoms with Crippen molar-refractivity contribution >= 4 is 33.3 Å². The smallest absolute Gasteiger partial charge is 0.170 e. The molecule has 0 heterocycles. The summed E-state index contributed by atoms with van der Waals surface area (Å²) in [6.45, 7) is 0. The Hall–Kier alpha value is -1.33. The summed E-state index contributed by atoms with van der Waals surface area (Å²) in [6, 6.07) is 5.88. The number of rotatable bonds is 3. The highest BCUT2D eigenvalue weighted by Gasteiger charge is 2.19. The number of hydrogen-bond acceptors (Lipinski definition) is 1. The minimum Gasteiger partial charge on any atom is -0.294 e. The lowest BCUT2D eigenvalue weighted by molar-refractivity contribution is 0.0986. The molecule has 0 fully saturated rings. The monoisotopic (exact) mass is 362 g/mol. The van der Waals surface area contributed by atoms with E-state index < -0.39 is 35.2 Å². The Morgan fingerprint density at radius 3 is 2.30 bits per heavy atom. The fourth-order valence-corrected chi connectivity index (χ4v) is 2.17. The maximum absolute atomic E-state index is 13.8. The Morgan fingerprint density at radius 2 is 1.70 bits per heavy atom. The molecule has 0 aliphatic carbocycles. The molecule has 2 aromatic rings. The number of benzene rings is 2. The van der Waals surface area contributed by atoms with Crippen LogP contribution < -0.4 is 0 Å². The van der Waals surface area contributed by atoms with E-state index in [2.05, 4.69) is 15.9 Å². The third kappa shape index (κ3) is 2.88. The SMILES string of the molecule is O=C(Cc1c(F)cccc1F)c1ccc(Br)c(Cl)c1F. The first-order valence-electron chi connectivity index (χ1n) is 5.51. The van der Waals surface area contributed by atoms with Gasteiger partial charge in [-0.3, -0.25) is 4.79 Å². The second kappa shape index (κ2) is 5.97. The van der Waals surface area contributed by atoms with Crippen LogP contribution in [0.1, 0.15) is 15.9 Å². The van der Waals surface area contributed by atoms with Gasteiger partial charge in [0.2, 0.25) is 0 Å². The van der Waals surface area contributed by atoms with Gasteiger partial charge in [0.1, 0.15) is 11.6 Å². The van der Waals surface area contributed by atoms with Gasteiger partial charge >= 0.3 is 0 Å². The highest BCUT2D eigenvalue weighted by atomic mass is 79.9. The zero-order chi connectivity index (χ0) is 14.9. The van der Waals surface area contributed by atoms with Crippen LogP contribution in [0.25, 0.3) is 0 Å². The quantitative estimate of drug-likeness (QED) is 0.557. The highest BCUT2D eigenvalue weighted by molar-refractivity contribution is 9.10. The van der Waals surface area contributed by atoms with Crippen LogP contribution in [0.2, 0.25) is 5.02 Å². The fraction of sp³-hybridized carbons (Fsp3) is 0.0714. The molecule has 1 nitrogen and oxygen atoms in total. The van der Waals surface area contributed by atoms with E-state index >= 15 is 0 Å². The third-order valence-electron chi connectivity index (χ3n) is 2.73. The van der Waals surface area contributed by atoms with Crippen LogP contribution in [0, 0.1) is 17.5 Å². The van der Waals surface area contributed by atoms with Crippen LogP contribution in [0.3, 0.4) is 0 Å². The molecule has 2 aromatic carbocycles. The standard InChI is InChI=1S/C14H7BrClF3O/c15-9-5-4-7(14(19)13(9)16)12(20)6-8-10(17)2-1-3-11(8)18/h1-5H,6H2. The zero-order valence-electron chi connectivity index (χ0n) is 9.89. The molecule has 0 unspecified atom stereocenters. The number of halogens is 5. The van der Waals surface area contributed by atoms with Crippen LogP contribution in [-0.4, -0.2) is 5.78 Å². The van der Waals surface area contributed by atoms with E-state index in [9.17, 15) is 18.0 Å². The summed E-state index contributed by atoms with van der Waals surface area (Å²) < 4.78 is 41.0. The number of ketones is 1. The van der Waals surface area contributed by atoms with Crippen molar-refractivity contribution in [2.45, 2.75) is 6.42 Å². The number of carbonyl (C=O) groups excluding carboxylic acids is 1. The fourth-order valence-electron chi connectivity index (χ4n) is 1.70. The molecule has 0 N–H and O–H groups in total. The van der Waals surface area contributed by atoms with E-state index in [0.29, 0.717) is 4.47 Å². The Balaban J connectivity index is 2.36. The number of Topliss-reactive ketones (excluding diaryl/α,β-unsaturated/α-hetero) is 1. The van der Waals surface area contributed by atoms with Crippen molar-refractivity contribution in [3.8, 4) is 0 Å². The summed E-state index contributed by atoms with van der Waals surface area (Å²) in [5.41, 5.74) is -0.697. The molecule has 0 aromatic heterocycles. The van der Waals surface area contributed by atoms with Gasteiger partial charge in [-0.15, -0.1) is 0 Å². The molecule has 2 rings (SSSR count). The van der Waals surface area contributed by atoms with Crippen LogP contribution >= 0.6 is 27.5 Å². The van der Waals surface area contributed by atoms with Crippen LogP contribution in [0.5, 0.6) is 0 Å². The summed E-state index contributed by atoms with van der Waals surface area (Å²) in [4.78, 5) is 12.0. The van der Waals surface area contributed by atoms with Gasteiger partial charge in [0.15, 0.2) is 11.6 Å². The van der Waals surface area contributed by atoms with E-state index in [1.54, 1.807) is 0 Å². The Bertz CT molecular complexity index is 668. The lowest BCUT2D eigenvalue weighted by Crippen LogP contribution is -2.09. The molecule has 20 heavy (non-hydrogen) atoms. The maximum Gasteiger partial charge on any atom is 0.170 e. The van der Waals surface area contributed by atoms with Crippen molar-refractivity contribution in [1.29, 1.82) is 0 Å². The third-order valence-corrected chi connectivity index (χ3v) is 3.99. The van der Waals surface area contributed by atoms with E-state index in [-0.39, 0.29) is 10.6 Å². The molecule has 0 bridgehead atoms. The molecular weight excluding hydrogens is 357 g/mol. The molecule has 0 aliphatic rings. The minimum absolute atomic E-state index is 0.246. The average Bonchev–Trinajstić information content (AvgIpc) is 2.40. The summed E-state index contributed by atoms with van der Waals surface area (Å²) in [5.74, 6) is -3.35. The predicted molar refractivity (Wildman–Crippen MR) is 73.5 cm³/mol. The average molecular weight is 364 g/mol. The number of hydrogen-bond donors (Lipinski definition) is 0. The lowest BCUT2D eigenvalue weighted by atomic mass is 10.0. The molecule has 0 atom stereocenters. The van der Waals surface area contributed by atoms with Crippen LogP contribution in [-0.2, 0) is 6.42 Å². The first kappa shape index (κ1) is 15.1. The van der Waals surface area contributed by atoms with E-state index in [1.807, 2.05) is 0 Å². The van der Waals surface area contributed by atoms with Gasteiger partial charge in [0.05, 0.1) is 10.6 Å². The second-order valence-electron chi connectivity index (χ2n) is 4.02. The van der Waals surface area contributed by atoms with Gasteiger partial charge in [-0.05, 0) is 40.2 Å². The van der Waals surface area contributed by atoms with E-state index in [4.69, 9.17) is 11.6 Å². The number of carbonyl (C=O) groups is 1. The highest BCUT2D eigenvalue weighted by Crippen LogP contribution is 2.28. The first-order chi connectivity index (χ1) is 9.41. The Kier molecular flexibility index (Phi) is 4.50. The molecule has 0 amide bonds. The molecule has 0 saturated heterocycles. The largest absolute Gasteiger partial charge is 0.294 e. The van der Waals surface area contributed by atoms with Crippen molar-refractivity contribution < 1.29 is 18.0 Å². The maximum atomic E-state index is 13.8. The van der Waals surface area contributed by atoms with Crippen molar-refractivity contribution in [2.24, 2.45) is 0 Å². The van der Waals surface area contributed by atoms with E-state index in [1.165, 1.54) is 18.2 Å². The zero-order valence-corrected chi connectivity index (χ0v) is 12.2. The molecule has 0 radical (unpaired) electrons. The Labute approximate surface area is 126 Å². The lowest BCUT2D eigenvalue weighted by Gasteiger charge is -2.07. The minimum atomic E-state index is -0.914. The van der Waals surface area contributed by atoms with Crippen molar-refractivity contribution in [1.82, 2.24) is 0 Å². The summed E-state index contributed by atoms with van der Waals surface area (Å²) in [5, 5.41) is -0.246. The molecule has 104 valence electrons. The Morgan fingerprint density at radius 1 is 1.10 bits per heavy atom. The van der Waals surface area contributed by atoms with Gasteiger partial charge < -0.3 is 0 Å². The summed E-state index contributed by atoms with van der Waals surface area (Å²) in [7, 11) is 0. The van der Waals surface area contributed by atoms with Crippen LogP contribution in [0.15, 0.2) is 34.8 Å². The van der Waals surface area contributed by atoms with Gasteiger partial charge in [-0.2, -0.15) is 0 Å². The molecule has 0 spiro atoms. The van der Waals surface area contributed by atoms with Gasteiger partial charge in [0, 0.05) is 16.5 Å². The van der Waals surface area contributed by atoms with E-state index in [0.717, 1.165) is 12.1 Å². The van der Waals surface area contributed by atoms with Crippen molar-refractivity contribution in [2.75, 3.05) is 0 Å². The molecule has 6 heteroatoms. The van der Waals surface area contributed by atoms with Crippen molar-refractivity contribution in [3.63, 3.8) is 0 Å². The predicted octanol–water partition coefficient (Wildman–Crippen LogP) is 4.95.